The van der Waals surface area contributed by atoms with Gasteiger partial charge in [0, 0.05) is 0 Å². The predicted octanol–water partition coefficient (Wildman–Crippen LogP) is 3.61. The van der Waals surface area contributed by atoms with E-state index in [0.29, 0.717) is 18.1 Å². The number of hydrogen-bond donors (Lipinski definition) is 0. The summed E-state index contributed by atoms with van der Waals surface area (Å²) >= 11 is 0. The van der Waals surface area contributed by atoms with Gasteiger partial charge < -0.3 is 9.47 Å². The molecular weight excluding hydrogens is 224 g/mol. The molecule has 3 unspecified atom stereocenters. The highest BCUT2D eigenvalue weighted by Gasteiger charge is 2.38. The SMILES string of the molecule is CCOc1ccc(CC)cc1CC(C)C1OC1C. The Morgan fingerprint density at radius 3 is 2.61 bits per heavy atom. The molecule has 1 aliphatic rings. The number of epoxide rings is 1. The van der Waals surface area contributed by atoms with E-state index in [1.807, 2.05) is 6.92 Å². The molecule has 2 heteroatoms. The van der Waals surface area contributed by atoms with Crippen LogP contribution in [0.2, 0.25) is 0 Å². The predicted molar refractivity (Wildman–Crippen MR) is 74.2 cm³/mol. The zero-order valence-electron chi connectivity index (χ0n) is 11.9. The van der Waals surface area contributed by atoms with E-state index in [4.69, 9.17) is 9.47 Å². The molecule has 0 radical (unpaired) electrons. The molecule has 1 saturated heterocycles. The lowest BCUT2D eigenvalue weighted by atomic mass is 9.94. The minimum atomic E-state index is 0.435. The minimum absolute atomic E-state index is 0.435. The van der Waals surface area contributed by atoms with Crippen molar-refractivity contribution in [2.75, 3.05) is 6.61 Å². The van der Waals surface area contributed by atoms with E-state index in [2.05, 4.69) is 39.0 Å². The van der Waals surface area contributed by atoms with E-state index in [1.165, 1.54) is 11.1 Å². The first-order chi connectivity index (χ1) is 8.65. The van der Waals surface area contributed by atoms with Crippen LogP contribution in [-0.4, -0.2) is 18.8 Å². The van der Waals surface area contributed by atoms with Crippen LogP contribution in [0.25, 0.3) is 0 Å². The quantitative estimate of drug-likeness (QED) is 0.717. The number of hydrogen-bond acceptors (Lipinski definition) is 2. The fourth-order valence-corrected chi connectivity index (χ4v) is 2.57. The van der Waals surface area contributed by atoms with Gasteiger partial charge in [-0.3, -0.25) is 0 Å². The lowest BCUT2D eigenvalue weighted by molar-refractivity contribution is 0.317. The van der Waals surface area contributed by atoms with E-state index in [9.17, 15) is 0 Å². The molecule has 1 fully saturated rings. The summed E-state index contributed by atoms with van der Waals surface area (Å²) in [5, 5.41) is 0. The summed E-state index contributed by atoms with van der Waals surface area (Å²) in [4.78, 5) is 0. The summed E-state index contributed by atoms with van der Waals surface area (Å²) in [6, 6.07) is 6.56. The number of rotatable bonds is 6. The van der Waals surface area contributed by atoms with Crippen molar-refractivity contribution in [3.8, 4) is 5.75 Å². The summed E-state index contributed by atoms with van der Waals surface area (Å²) in [6.07, 6.45) is 2.98. The van der Waals surface area contributed by atoms with E-state index in [0.717, 1.165) is 25.2 Å². The minimum Gasteiger partial charge on any atom is -0.494 e. The maximum atomic E-state index is 5.72. The third-order valence-corrected chi connectivity index (χ3v) is 3.69. The van der Waals surface area contributed by atoms with Crippen molar-refractivity contribution in [2.24, 2.45) is 5.92 Å². The van der Waals surface area contributed by atoms with E-state index >= 15 is 0 Å². The Morgan fingerprint density at radius 1 is 1.33 bits per heavy atom. The third-order valence-electron chi connectivity index (χ3n) is 3.69. The summed E-state index contributed by atoms with van der Waals surface area (Å²) < 4.78 is 11.3. The molecule has 3 atom stereocenters. The van der Waals surface area contributed by atoms with Crippen molar-refractivity contribution in [3.05, 3.63) is 29.3 Å². The molecule has 0 saturated carbocycles. The molecule has 0 spiro atoms. The molecule has 1 aromatic carbocycles. The number of benzene rings is 1. The average Bonchev–Trinajstić information content (AvgIpc) is 3.09. The standard InChI is InChI=1S/C16H24O2/c1-5-13-7-8-15(17-6-2)14(10-13)9-11(3)16-12(4)18-16/h7-8,10-12,16H,5-6,9H2,1-4H3. The lowest BCUT2D eigenvalue weighted by Crippen LogP contribution is -2.10. The van der Waals surface area contributed by atoms with Crippen LogP contribution in [-0.2, 0) is 17.6 Å². The van der Waals surface area contributed by atoms with Crippen LogP contribution in [0.4, 0.5) is 0 Å². The molecule has 0 aliphatic carbocycles. The molecule has 1 heterocycles. The maximum absolute atomic E-state index is 5.72. The summed E-state index contributed by atoms with van der Waals surface area (Å²) in [6.45, 7) is 9.36. The molecule has 0 amide bonds. The average molecular weight is 248 g/mol. The zero-order chi connectivity index (χ0) is 13.1. The van der Waals surface area contributed by atoms with Gasteiger partial charge in [0.1, 0.15) is 5.75 Å². The lowest BCUT2D eigenvalue weighted by Gasteiger charge is -2.15. The van der Waals surface area contributed by atoms with Crippen molar-refractivity contribution >= 4 is 0 Å². The van der Waals surface area contributed by atoms with Gasteiger partial charge in [-0.25, -0.2) is 0 Å². The fourth-order valence-electron chi connectivity index (χ4n) is 2.57. The molecule has 2 rings (SSSR count). The molecule has 100 valence electrons. The second-order valence-corrected chi connectivity index (χ2v) is 5.22. The normalized spacial score (nSPS) is 23.8. The largest absolute Gasteiger partial charge is 0.494 e. The Labute approximate surface area is 110 Å². The van der Waals surface area contributed by atoms with Crippen LogP contribution < -0.4 is 4.74 Å². The van der Waals surface area contributed by atoms with Crippen molar-refractivity contribution < 1.29 is 9.47 Å². The third kappa shape index (κ3) is 3.05. The maximum Gasteiger partial charge on any atom is 0.122 e. The van der Waals surface area contributed by atoms with Gasteiger partial charge in [-0.2, -0.15) is 0 Å². The van der Waals surface area contributed by atoms with Gasteiger partial charge in [0.15, 0.2) is 0 Å². The summed E-state index contributed by atoms with van der Waals surface area (Å²) in [7, 11) is 0. The van der Waals surface area contributed by atoms with Crippen LogP contribution >= 0.6 is 0 Å². The molecule has 1 aromatic rings. The molecule has 0 N–H and O–H groups in total. The summed E-state index contributed by atoms with van der Waals surface area (Å²) in [5.41, 5.74) is 2.71. The molecule has 0 bridgehead atoms. The molecule has 18 heavy (non-hydrogen) atoms. The van der Waals surface area contributed by atoms with E-state index in [1.54, 1.807) is 0 Å². The first kappa shape index (κ1) is 13.4. The van der Waals surface area contributed by atoms with Crippen molar-refractivity contribution in [3.63, 3.8) is 0 Å². The van der Waals surface area contributed by atoms with Gasteiger partial charge in [-0.05, 0) is 49.8 Å². The molecule has 0 aromatic heterocycles. The fraction of sp³-hybridized carbons (Fsp3) is 0.625. The van der Waals surface area contributed by atoms with Gasteiger partial charge in [0.05, 0.1) is 18.8 Å². The van der Waals surface area contributed by atoms with Crippen LogP contribution in [0.3, 0.4) is 0 Å². The highest BCUT2D eigenvalue weighted by Crippen LogP contribution is 2.33. The van der Waals surface area contributed by atoms with Crippen molar-refractivity contribution in [1.82, 2.24) is 0 Å². The zero-order valence-corrected chi connectivity index (χ0v) is 11.9. The highest BCUT2D eigenvalue weighted by molar-refractivity contribution is 5.38. The number of aryl methyl sites for hydroxylation is 1. The Balaban J connectivity index is 2.12. The van der Waals surface area contributed by atoms with Crippen LogP contribution in [0.1, 0.15) is 38.8 Å². The van der Waals surface area contributed by atoms with Crippen molar-refractivity contribution in [1.29, 1.82) is 0 Å². The molecule has 1 aliphatic heterocycles. The Kier molecular flexibility index (Phi) is 4.28. The van der Waals surface area contributed by atoms with Crippen LogP contribution in [0.15, 0.2) is 18.2 Å². The first-order valence-corrected chi connectivity index (χ1v) is 7.05. The van der Waals surface area contributed by atoms with E-state index < -0.39 is 0 Å². The highest BCUT2D eigenvalue weighted by atomic mass is 16.6. The van der Waals surface area contributed by atoms with E-state index in [-0.39, 0.29) is 0 Å². The van der Waals surface area contributed by atoms with Gasteiger partial charge in [0.2, 0.25) is 0 Å². The second kappa shape index (κ2) is 5.75. The van der Waals surface area contributed by atoms with Gasteiger partial charge in [0.25, 0.3) is 0 Å². The van der Waals surface area contributed by atoms with Crippen LogP contribution in [0, 0.1) is 5.92 Å². The second-order valence-electron chi connectivity index (χ2n) is 5.22. The van der Waals surface area contributed by atoms with Gasteiger partial charge >= 0.3 is 0 Å². The Bertz CT molecular complexity index is 400. The van der Waals surface area contributed by atoms with Gasteiger partial charge in [-0.1, -0.05) is 26.0 Å². The smallest absolute Gasteiger partial charge is 0.122 e. The molecule has 2 nitrogen and oxygen atoms in total. The van der Waals surface area contributed by atoms with Crippen LogP contribution in [0.5, 0.6) is 5.75 Å². The topological polar surface area (TPSA) is 21.8 Å². The molecular formula is C16H24O2. The number of ether oxygens (including phenoxy) is 2. The monoisotopic (exact) mass is 248 g/mol. The first-order valence-electron chi connectivity index (χ1n) is 7.05. The van der Waals surface area contributed by atoms with Gasteiger partial charge in [-0.15, -0.1) is 0 Å². The Hall–Kier alpha value is -1.02. The summed E-state index contributed by atoms with van der Waals surface area (Å²) in [5.74, 6) is 1.60. The van der Waals surface area contributed by atoms with Crippen molar-refractivity contribution in [2.45, 2.75) is 52.7 Å². The Morgan fingerprint density at radius 2 is 2.06 bits per heavy atom.